The van der Waals surface area contributed by atoms with Crippen molar-refractivity contribution in [2.24, 2.45) is 5.73 Å². The highest BCUT2D eigenvalue weighted by Crippen LogP contribution is 2.33. The molecule has 0 aliphatic heterocycles. The molecule has 0 amide bonds. The molecule has 0 heterocycles. The number of hydrogen-bond donors (Lipinski definition) is 1. The summed E-state index contributed by atoms with van der Waals surface area (Å²) in [5.74, 6) is 0.963. The molecule has 0 aliphatic rings. The molecule has 0 spiro atoms. The molecular weight excluding hydrogens is 289 g/mol. The monoisotopic (exact) mass is 307 g/mol. The van der Waals surface area contributed by atoms with Crippen LogP contribution in [0.1, 0.15) is 35.2 Å². The van der Waals surface area contributed by atoms with Crippen molar-refractivity contribution in [2.45, 2.75) is 33.7 Å². The first-order valence-electron chi connectivity index (χ1n) is 6.79. The molecule has 1 atom stereocenters. The smallest absolute Gasteiger partial charge is 0.132 e. The van der Waals surface area contributed by atoms with E-state index in [1.165, 1.54) is 6.07 Å². The minimum atomic E-state index is -0.315. The molecule has 112 valence electrons. The van der Waals surface area contributed by atoms with Crippen molar-refractivity contribution < 1.29 is 9.13 Å². The van der Waals surface area contributed by atoms with Crippen LogP contribution < -0.4 is 10.5 Å². The third-order valence-corrected chi connectivity index (χ3v) is 4.02. The number of nitrogens with two attached hydrogens (primary N) is 1. The van der Waals surface area contributed by atoms with Gasteiger partial charge in [0.2, 0.25) is 0 Å². The van der Waals surface area contributed by atoms with Gasteiger partial charge in [-0.05, 0) is 68.7 Å². The standard InChI is InChI=1S/C17H19ClFNO/c1-9-7-16(14(12(4)20)8-15(9)19)21-13-5-10(2)17(18)11(3)6-13/h5-8,12H,20H2,1-4H3/t12-/m0/s1. The predicted octanol–water partition coefficient (Wildman–Crippen LogP) is 5.22. The van der Waals surface area contributed by atoms with E-state index in [1.807, 2.05) is 26.0 Å². The maximum absolute atomic E-state index is 13.7. The van der Waals surface area contributed by atoms with Crippen LogP contribution in [-0.4, -0.2) is 0 Å². The van der Waals surface area contributed by atoms with Crippen molar-refractivity contribution in [1.29, 1.82) is 0 Å². The molecule has 0 fully saturated rings. The second kappa shape index (κ2) is 6.04. The van der Waals surface area contributed by atoms with Gasteiger partial charge in [-0.2, -0.15) is 0 Å². The normalized spacial score (nSPS) is 12.3. The molecule has 2 nitrogen and oxygen atoms in total. The van der Waals surface area contributed by atoms with E-state index >= 15 is 0 Å². The topological polar surface area (TPSA) is 35.2 Å². The van der Waals surface area contributed by atoms with Gasteiger partial charge in [-0.3, -0.25) is 0 Å². The predicted molar refractivity (Wildman–Crippen MR) is 84.7 cm³/mol. The van der Waals surface area contributed by atoms with Crippen LogP contribution >= 0.6 is 11.6 Å². The Morgan fingerprint density at radius 3 is 2.14 bits per heavy atom. The average Bonchev–Trinajstić information content (AvgIpc) is 2.39. The second-order valence-corrected chi connectivity index (χ2v) is 5.78. The molecule has 0 aliphatic carbocycles. The summed E-state index contributed by atoms with van der Waals surface area (Å²) >= 11 is 6.16. The lowest BCUT2D eigenvalue weighted by molar-refractivity contribution is 0.467. The Morgan fingerprint density at radius 2 is 1.62 bits per heavy atom. The Kier molecular flexibility index (Phi) is 4.55. The van der Waals surface area contributed by atoms with Crippen LogP contribution in [0.25, 0.3) is 0 Å². The molecule has 2 N–H and O–H groups in total. The summed E-state index contributed by atoms with van der Waals surface area (Å²) in [7, 11) is 0. The van der Waals surface area contributed by atoms with Crippen molar-refractivity contribution in [3.8, 4) is 11.5 Å². The van der Waals surface area contributed by atoms with E-state index in [9.17, 15) is 4.39 Å². The SMILES string of the molecule is Cc1cc(Oc2cc(C)c(Cl)c(C)c2)c([C@H](C)N)cc1F. The number of aryl methyl sites for hydroxylation is 3. The quantitative estimate of drug-likeness (QED) is 0.844. The fraction of sp³-hybridized carbons (Fsp3) is 0.294. The van der Waals surface area contributed by atoms with Crippen LogP contribution in [-0.2, 0) is 0 Å². The first kappa shape index (κ1) is 15.8. The van der Waals surface area contributed by atoms with Crippen LogP contribution in [0.15, 0.2) is 24.3 Å². The van der Waals surface area contributed by atoms with Gasteiger partial charge in [-0.15, -0.1) is 0 Å². The van der Waals surface area contributed by atoms with Crippen molar-refractivity contribution in [1.82, 2.24) is 0 Å². The number of benzene rings is 2. The van der Waals surface area contributed by atoms with Gasteiger partial charge in [0.25, 0.3) is 0 Å². The molecule has 0 aromatic heterocycles. The molecular formula is C17H19ClFNO. The van der Waals surface area contributed by atoms with Gasteiger partial charge in [0.05, 0.1) is 0 Å². The lowest BCUT2D eigenvalue weighted by Gasteiger charge is -2.16. The fourth-order valence-electron chi connectivity index (χ4n) is 2.21. The second-order valence-electron chi connectivity index (χ2n) is 5.40. The van der Waals surface area contributed by atoms with E-state index < -0.39 is 0 Å². The minimum absolute atomic E-state index is 0.280. The van der Waals surface area contributed by atoms with Gasteiger partial charge < -0.3 is 10.5 Å². The van der Waals surface area contributed by atoms with E-state index in [-0.39, 0.29) is 11.9 Å². The maximum Gasteiger partial charge on any atom is 0.132 e. The Labute approximate surface area is 129 Å². The van der Waals surface area contributed by atoms with Gasteiger partial charge in [-0.1, -0.05) is 11.6 Å². The zero-order valence-electron chi connectivity index (χ0n) is 12.6. The molecule has 0 saturated carbocycles. The Balaban J connectivity index is 2.46. The minimum Gasteiger partial charge on any atom is -0.457 e. The molecule has 2 aromatic carbocycles. The summed E-state index contributed by atoms with van der Waals surface area (Å²) in [6.07, 6.45) is 0. The molecule has 0 radical (unpaired) electrons. The largest absolute Gasteiger partial charge is 0.457 e. The summed E-state index contributed by atoms with van der Waals surface area (Å²) in [5.41, 5.74) is 8.95. The van der Waals surface area contributed by atoms with Gasteiger partial charge in [-0.25, -0.2) is 4.39 Å². The summed E-state index contributed by atoms with van der Waals surface area (Å²) in [6.45, 7) is 7.34. The van der Waals surface area contributed by atoms with Gasteiger partial charge in [0.15, 0.2) is 0 Å². The lowest BCUT2D eigenvalue weighted by atomic mass is 10.0. The summed E-state index contributed by atoms with van der Waals surface area (Å²) in [6, 6.07) is 6.51. The Morgan fingerprint density at radius 1 is 1.05 bits per heavy atom. The van der Waals surface area contributed by atoms with Crippen LogP contribution in [0, 0.1) is 26.6 Å². The van der Waals surface area contributed by atoms with E-state index in [0.29, 0.717) is 22.6 Å². The Bertz CT molecular complexity index is 660. The molecule has 2 aromatic rings. The zero-order valence-corrected chi connectivity index (χ0v) is 13.4. The van der Waals surface area contributed by atoms with E-state index in [4.69, 9.17) is 22.1 Å². The molecule has 0 saturated heterocycles. The molecule has 21 heavy (non-hydrogen) atoms. The molecule has 0 bridgehead atoms. The summed E-state index contributed by atoms with van der Waals surface area (Å²) < 4.78 is 19.6. The zero-order chi connectivity index (χ0) is 15.7. The van der Waals surface area contributed by atoms with Gasteiger partial charge in [0, 0.05) is 16.6 Å². The van der Waals surface area contributed by atoms with Crippen LogP contribution in [0.5, 0.6) is 11.5 Å². The highest BCUT2D eigenvalue weighted by atomic mass is 35.5. The van der Waals surface area contributed by atoms with Crippen LogP contribution in [0.2, 0.25) is 5.02 Å². The third kappa shape index (κ3) is 3.36. The van der Waals surface area contributed by atoms with Gasteiger partial charge in [0.1, 0.15) is 17.3 Å². The highest BCUT2D eigenvalue weighted by Gasteiger charge is 2.14. The first-order chi connectivity index (χ1) is 9.79. The van der Waals surface area contributed by atoms with Crippen molar-refractivity contribution in [2.75, 3.05) is 0 Å². The van der Waals surface area contributed by atoms with E-state index in [0.717, 1.165) is 16.1 Å². The number of rotatable bonds is 3. The highest BCUT2D eigenvalue weighted by molar-refractivity contribution is 6.32. The number of halogens is 2. The van der Waals surface area contributed by atoms with Crippen LogP contribution in [0.3, 0.4) is 0 Å². The number of ether oxygens (including phenoxy) is 1. The third-order valence-electron chi connectivity index (χ3n) is 3.42. The molecule has 2 rings (SSSR count). The Hall–Kier alpha value is -1.58. The number of hydrogen-bond acceptors (Lipinski definition) is 2. The van der Waals surface area contributed by atoms with E-state index in [1.54, 1.807) is 19.9 Å². The van der Waals surface area contributed by atoms with Crippen molar-refractivity contribution in [3.63, 3.8) is 0 Å². The van der Waals surface area contributed by atoms with Crippen molar-refractivity contribution in [3.05, 3.63) is 57.4 Å². The fourth-order valence-corrected chi connectivity index (χ4v) is 2.32. The summed E-state index contributed by atoms with van der Waals surface area (Å²) in [4.78, 5) is 0. The van der Waals surface area contributed by atoms with E-state index in [2.05, 4.69) is 0 Å². The van der Waals surface area contributed by atoms with Gasteiger partial charge >= 0.3 is 0 Å². The first-order valence-corrected chi connectivity index (χ1v) is 7.17. The molecule has 0 unspecified atom stereocenters. The van der Waals surface area contributed by atoms with Crippen LogP contribution in [0.4, 0.5) is 4.39 Å². The maximum atomic E-state index is 13.7. The average molecular weight is 308 g/mol. The molecule has 4 heteroatoms. The summed E-state index contributed by atoms with van der Waals surface area (Å²) in [5, 5.41) is 0.727. The lowest BCUT2D eigenvalue weighted by Crippen LogP contribution is -2.08. The van der Waals surface area contributed by atoms with Crippen molar-refractivity contribution >= 4 is 11.6 Å².